The molecule has 8 atom stereocenters. The maximum Gasteiger partial charge on any atom is 0.303 e. The van der Waals surface area contributed by atoms with E-state index in [0.29, 0.717) is 11.2 Å². The van der Waals surface area contributed by atoms with E-state index >= 15 is 0 Å². The molecule has 1 aliphatic rings. The third-order valence-electron chi connectivity index (χ3n) is 4.51. The second kappa shape index (κ2) is 12.5. The molecule has 2 N–H and O–H groups in total. The number of aldehydes is 1. The van der Waals surface area contributed by atoms with Crippen LogP contribution in [0.1, 0.15) is 44.3 Å². The molecule has 1 aromatic heterocycles. The van der Waals surface area contributed by atoms with Crippen LogP contribution in [0.3, 0.4) is 0 Å². The van der Waals surface area contributed by atoms with Crippen molar-refractivity contribution < 1.29 is 53.0 Å². The third kappa shape index (κ3) is 7.81. The Balaban J connectivity index is 2.45. The lowest BCUT2D eigenvalue weighted by Crippen LogP contribution is -2.64. The van der Waals surface area contributed by atoms with Crippen LogP contribution in [0.5, 0.6) is 5.75 Å². The monoisotopic (exact) mass is 490 g/mol. The first kappa shape index (κ1) is 27.3. The number of hydrogen-bond donors (Lipinski definition) is 2. The van der Waals surface area contributed by atoms with Gasteiger partial charge in [-0.05, 0) is 32.2 Å². The predicted molar refractivity (Wildman–Crippen MR) is 114 cm³/mol. The number of hydrogen-bond acceptors (Lipinski definition) is 12. The number of carbonyl (C=O) groups excluding carboxylic acids is 3. The Labute approximate surface area is 195 Å². The van der Waals surface area contributed by atoms with E-state index in [1.807, 2.05) is 0 Å². The normalized spacial score (nSPS) is 27.9. The first-order valence-electron chi connectivity index (χ1n) is 10.3. The van der Waals surface area contributed by atoms with E-state index in [-0.39, 0.29) is 18.1 Å². The molecule has 1 saturated heterocycles. The number of Topliss-reactive ketones (excluding diaryl/α,β-unsaturated/α-hetero) is 1. The van der Waals surface area contributed by atoms with Gasteiger partial charge in [0.05, 0.1) is 6.61 Å². The highest BCUT2D eigenvalue weighted by Crippen LogP contribution is 2.34. The van der Waals surface area contributed by atoms with Crippen LogP contribution in [0.25, 0.3) is 0 Å². The summed E-state index contributed by atoms with van der Waals surface area (Å²) in [5.41, 5.74) is 0. The van der Waals surface area contributed by atoms with Crippen LogP contribution >= 0.6 is 11.3 Å². The van der Waals surface area contributed by atoms with Gasteiger partial charge in [-0.25, -0.2) is 0 Å². The van der Waals surface area contributed by atoms with Crippen LogP contribution in [0.4, 0.5) is 0 Å². The SMILES string of the molecule is CC(=O)OC1C(Oc2ccsc2C(C)=O)OC(COC(C)C=O)C(OC(C)O)C1OC(C)O. The molecule has 12 heteroatoms. The van der Waals surface area contributed by atoms with Crippen molar-refractivity contribution in [1.82, 2.24) is 0 Å². The smallest absolute Gasteiger partial charge is 0.303 e. The largest absolute Gasteiger partial charge is 0.459 e. The fourth-order valence-electron chi connectivity index (χ4n) is 3.26. The summed E-state index contributed by atoms with van der Waals surface area (Å²) in [6, 6.07) is 1.57. The molecule has 0 spiro atoms. The Morgan fingerprint density at radius 1 is 1.12 bits per heavy atom. The second-order valence-corrected chi connectivity index (χ2v) is 8.40. The number of thiophene rings is 1. The molecular formula is C21H30O11S. The van der Waals surface area contributed by atoms with Crippen LogP contribution < -0.4 is 4.74 Å². The van der Waals surface area contributed by atoms with Crippen LogP contribution in [0.2, 0.25) is 0 Å². The average molecular weight is 491 g/mol. The van der Waals surface area contributed by atoms with Gasteiger partial charge in [0.1, 0.15) is 41.3 Å². The minimum atomic E-state index is -1.31. The Kier molecular flexibility index (Phi) is 10.4. The van der Waals surface area contributed by atoms with Crippen molar-refractivity contribution in [2.75, 3.05) is 6.61 Å². The molecule has 2 heterocycles. The number of aliphatic hydroxyl groups is 2. The van der Waals surface area contributed by atoms with Crippen LogP contribution in [-0.4, -0.2) is 84.2 Å². The minimum Gasteiger partial charge on any atom is -0.459 e. The number of rotatable bonds is 12. The van der Waals surface area contributed by atoms with Crippen molar-refractivity contribution >= 4 is 29.4 Å². The number of ketones is 1. The summed E-state index contributed by atoms with van der Waals surface area (Å²) in [5.74, 6) is -0.707. The maximum absolute atomic E-state index is 11.9. The zero-order valence-corrected chi connectivity index (χ0v) is 19.9. The van der Waals surface area contributed by atoms with E-state index < -0.39 is 55.4 Å². The van der Waals surface area contributed by atoms with Gasteiger partial charge in [-0.2, -0.15) is 0 Å². The fourth-order valence-corrected chi connectivity index (χ4v) is 3.98. The van der Waals surface area contributed by atoms with E-state index in [9.17, 15) is 24.6 Å². The topological polar surface area (TPSA) is 147 Å². The summed E-state index contributed by atoms with van der Waals surface area (Å²) < 4.78 is 33.9. The van der Waals surface area contributed by atoms with Gasteiger partial charge >= 0.3 is 5.97 Å². The molecule has 0 aliphatic carbocycles. The molecule has 1 fully saturated rings. The zero-order chi connectivity index (χ0) is 24.7. The van der Waals surface area contributed by atoms with E-state index in [0.717, 1.165) is 0 Å². The lowest BCUT2D eigenvalue weighted by atomic mass is 9.98. The molecule has 33 heavy (non-hydrogen) atoms. The molecule has 0 amide bonds. The standard InChI is InChI=1S/C21H30O11S/c1-10(8-22)27-9-16-17(28-12(3)24)18(29-13(4)25)19(30-14(5)26)21(32-16)31-15-6-7-33-20(15)11(2)23/h6-8,10,12-13,16-19,21,24-25H,9H2,1-5H3. The van der Waals surface area contributed by atoms with Gasteiger partial charge in [0, 0.05) is 13.8 Å². The number of ether oxygens (including phenoxy) is 6. The van der Waals surface area contributed by atoms with Crippen molar-refractivity contribution in [2.24, 2.45) is 0 Å². The van der Waals surface area contributed by atoms with Crippen LogP contribution in [0.15, 0.2) is 11.4 Å². The molecule has 8 unspecified atom stereocenters. The summed E-state index contributed by atoms with van der Waals surface area (Å²) in [6.07, 6.45) is -8.51. The lowest BCUT2D eigenvalue weighted by Gasteiger charge is -2.45. The molecule has 0 radical (unpaired) electrons. The summed E-state index contributed by atoms with van der Waals surface area (Å²) in [6.45, 7) is 6.62. The van der Waals surface area contributed by atoms with Crippen molar-refractivity contribution in [1.29, 1.82) is 0 Å². The summed E-state index contributed by atoms with van der Waals surface area (Å²) in [4.78, 5) is 35.1. The van der Waals surface area contributed by atoms with E-state index in [1.54, 1.807) is 11.4 Å². The first-order chi connectivity index (χ1) is 15.5. The van der Waals surface area contributed by atoms with Gasteiger partial charge in [0.2, 0.25) is 6.29 Å². The van der Waals surface area contributed by atoms with Crippen molar-refractivity contribution in [2.45, 2.75) is 84.0 Å². The molecule has 186 valence electrons. The molecule has 0 bridgehead atoms. The van der Waals surface area contributed by atoms with Crippen molar-refractivity contribution in [3.63, 3.8) is 0 Å². The Morgan fingerprint density at radius 3 is 2.30 bits per heavy atom. The van der Waals surface area contributed by atoms with Gasteiger partial charge in [-0.15, -0.1) is 11.3 Å². The molecule has 0 aromatic carbocycles. The van der Waals surface area contributed by atoms with Crippen LogP contribution in [0, 0.1) is 0 Å². The third-order valence-corrected chi connectivity index (χ3v) is 5.50. The fraction of sp³-hybridized carbons (Fsp3) is 0.667. The van der Waals surface area contributed by atoms with Crippen molar-refractivity contribution in [3.05, 3.63) is 16.3 Å². The summed E-state index contributed by atoms with van der Waals surface area (Å²) >= 11 is 1.17. The van der Waals surface area contributed by atoms with E-state index in [4.69, 9.17) is 28.4 Å². The van der Waals surface area contributed by atoms with Gasteiger partial charge in [0.15, 0.2) is 24.5 Å². The maximum atomic E-state index is 11.9. The molecule has 0 saturated carbocycles. The highest BCUT2D eigenvalue weighted by atomic mass is 32.1. The predicted octanol–water partition coefficient (Wildman–Crippen LogP) is 1.04. The minimum absolute atomic E-state index is 0.174. The molecule has 11 nitrogen and oxygen atoms in total. The van der Waals surface area contributed by atoms with E-state index in [2.05, 4.69) is 0 Å². The second-order valence-electron chi connectivity index (χ2n) is 7.48. The van der Waals surface area contributed by atoms with Gasteiger partial charge in [0.25, 0.3) is 0 Å². The molecule has 1 aromatic rings. The Hall–Kier alpha value is -1.93. The molecule has 1 aliphatic heterocycles. The zero-order valence-electron chi connectivity index (χ0n) is 19.0. The van der Waals surface area contributed by atoms with E-state index in [1.165, 1.54) is 46.0 Å². The molecule has 2 rings (SSSR count). The summed E-state index contributed by atoms with van der Waals surface area (Å²) in [5, 5.41) is 21.5. The highest BCUT2D eigenvalue weighted by molar-refractivity contribution is 7.12. The number of esters is 1. The van der Waals surface area contributed by atoms with Gasteiger partial charge in [-0.3, -0.25) is 9.59 Å². The lowest BCUT2D eigenvalue weighted by molar-refractivity contribution is -0.330. The Bertz CT molecular complexity index is 793. The number of aliphatic hydroxyl groups excluding tert-OH is 2. The van der Waals surface area contributed by atoms with Gasteiger partial charge < -0.3 is 43.4 Å². The quantitative estimate of drug-likeness (QED) is 0.187. The highest BCUT2D eigenvalue weighted by Gasteiger charge is 2.52. The average Bonchev–Trinajstić information content (AvgIpc) is 3.18. The Morgan fingerprint density at radius 2 is 1.76 bits per heavy atom. The van der Waals surface area contributed by atoms with Gasteiger partial charge in [-0.1, -0.05) is 0 Å². The first-order valence-corrected chi connectivity index (χ1v) is 11.2. The van der Waals surface area contributed by atoms with Crippen LogP contribution in [-0.2, 0) is 33.3 Å². The van der Waals surface area contributed by atoms with Crippen molar-refractivity contribution in [3.8, 4) is 5.75 Å². The molecular weight excluding hydrogens is 460 g/mol. The summed E-state index contributed by atoms with van der Waals surface area (Å²) in [7, 11) is 0. The number of carbonyl (C=O) groups is 3.